The molecule has 0 fully saturated rings. The van der Waals surface area contributed by atoms with Crippen LogP contribution in [0.3, 0.4) is 0 Å². The van der Waals surface area contributed by atoms with Crippen LogP contribution in [0, 0.1) is 6.92 Å². The van der Waals surface area contributed by atoms with Gasteiger partial charge in [0.25, 0.3) is 0 Å². The number of aryl methyl sites for hydroxylation is 1. The quantitative estimate of drug-likeness (QED) is 0.700. The second-order valence-corrected chi connectivity index (χ2v) is 7.47. The van der Waals surface area contributed by atoms with E-state index in [1.165, 1.54) is 0 Å². The molecule has 0 aliphatic rings. The molecule has 1 N–H and O–H groups in total. The van der Waals surface area contributed by atoms with E-state index in [1.54, 1.807) is 18.9 Å². The highest BCUT2D eigenvalue weighted by molar-refractivity contribution is 5.88. The Morgan fingerprint density at radius 1 is 1.10 bits per heavy atom. The number of hydrogen-bond donors (Lipinski definition) is 1. The zero-order chi connectivity index (χ0) is 21.4. The van der Waals surface area contributed by atoms with Crippen LogP contribution in [0.1, 0.15) is 43.9 Å². The first-order valence-electron chi connectivity index (χ1n) is 10.1. The molecule has 0 aliphatic carbocycles. The maximum absolute atomic E-state index is 13.2. The van der Waals surface area contributed by atoms with E-state index in [2.05, 4.69) is 5.32 Å². The van der Waals surface area contributed by atoms with Gasteiger partial charge in [-0.25, -0.2) is 0 Å². The van der Waals surface area contributed by atoms with Gasteiger partial charge in [0.2, 0.25) is 11.8 Å². The molecular weight excluding hydrogens is 364 g/mol. The van der Waals surface area contributed by atoms with Crippen molar-refractivity contribution >= 4 is 11.8 Å². The predicted octanol–water partition coefficient (Wildman–Crippen LogP) is 3.88. The number of ether oxygens (including phenoxy) is 1. The summed E-state index contributed by atoms with van der Waals surface area (Å²) in [5.74, 6) is 0.514. The van der Waals surface area contributed by atoms with Gasteiger partial charge in [-0.3, -0.25) is 9.59 Å². The molecular formula is C24H32N2O3. The number of carbonyl (C=O) groups is 2. The average molecular weight is 397 g/mol. The third-order valence-corrected chi connectivity index (χ3v) is 5.26. The fourth-order valence-corrected chi connectivity index (χ4v) is 3.09. The lowest BCUT2D eigenvalue weighted by atomic mass is 10.0. The molecule has 2 atom stereocenters. The lowest BCUT2D eigenvalue weighted by molar-refractivity contribution is -0.140. The molecule has 0 saturated heterocycles. The number of amides is 2. The zero-order valence-corrected chi connectivity index (χ0v) is 18.1. The van der Waals surface area contributed by atoms with Crippen molar-refractivity contribution in [2.24, 2.45) is 0 Å². The summed E-state index contributed by atoms with van der Waals surface area (Å²) in [5, 5.41) is 2.99. The summed E-state index contributed by atoms with van der Waals surface area (Å²) in [4.78, 5) is 27.7. The summed E-state index contributed by atoms with van der Waals surface area (Å²) >= 11 is 0. The maximum atomic E-state index is 13.2. The van der Waals surface area contributed by atoms with E-state index >= 15 is 0 Å². The highest BCUT2D eigenvalue weighted by Gasteiger charge is 2.27. The molecule has 0 heterocycles. The van der Waals surface area contributed by atoms with Crippen molar-refractivity contribution in [2.75, 3.05) is 7.11 Å². The number of methoxy groups -OCH3 is 1. The molecule has 5 nitrogen and oxygen atoms in total. The molecule has 156 valence electrons. The number of carbonyl (C=O) groups excluding carboxylic acids is 2. The number of hydrogen-bond acceptors (Lipinski definition) is 3. The minimum atomic E-state index is -0.577. The van der Waals surface area contributed by atoms with Gasteiger partial charge < -0.3 is 15.0 Å². The van der Waals surface area contributed by atoms with Crippen molar-refractivity contribution in [1.82, 2.24) is 10.2 Å². The number of benzene rings is 2. The highest BCUT2D eigenvalue weighted by Crippen LogP contribution is 2.18. The van der Waals surface area contributed by atoms with Crippen LogP contribution >= 0.6 is 0 Å². The number of rotatable bonds is 9. The first-order valence-corrected chi connectivity index (χ1v) is 10.1. The SMILES string of the molecule is CC[C@@H](C)NC(=O)[C@@H](C)N(Cc1cccc(OC)c1)C(=O)Cc1ccccc1C. The van der Waals surface area contributed by atoms with E-state index < -0.39 is 6.04 Å². The van der Waals surface area contributed by atoms with Crippen LogP contribution in [0.25, 0.3) is 0 Å². The molecule has 2 aromatic carbocycles. The molecule has 0 aromatic heterocycles. The molecule has 0 spiro atoms. The molecule has 0 aliphatic heterocycles. The van der Waals surface area contributed by atoms with Crippen LogP contribution in [0.2, 0.25) is 0 Å². The summed E-state index contributed by atoms with van der Waals surface area (Å²) in [7, 11) is 1.61. The van der Waals surface area contributed by atoms with E-state index in [0.29, 0.717) is 6.54 Å². The fraction of sp³-hybridized carbons (Fsp3) is 0.417. The summed E-state index contributed by atoms with van der Waals surface area (Å²) in [6.07, 6.45) is 1.10. The Morgan fingerprint density at radius 2 is 1.83 bits per heavy atom. The predicted molar refractivity (Wildman–Crippen MR) is 116 cm³/mol. The first kappa shape index (κ1) is 22.5. The Labute approximate surface area is 174 Å². The van der Waals surface area contributed by atoms with Crippen molar-refractivity contribution in [3.8, 4) is 5.75 Å². The molecule has 2 amide bonds. The Bertz CT molecular complexity index is 834. The van der Waals surface area contributed by atoms with Gasteiger partial charge in [0, 0.05) is 12.6 Å². The molecule has 29 heavy (non-hydrogen) atoms. The summed E-state index contributed by atoms with van der Waals surface area (Å²) in [6.45, 7) is 8.11. The van der Waals surface area contributed by atoms with Crippen LogP contribution in [0.15, 0.2) is 48.5 Å². The minimum Gasteiger partial charge on any atom is -0.497 e. The molecule has 2 aromatic rings. The lowest BCUT2D eigenvalue weighted by Gasteiger charge is -2.30. The van der Waals surface area contributed by atoms with Crippen molar-refractivity contribution in [2.45, 2.75) is 59.2 Å². The molecule has 0 radical (unpaired) electrons. The van der Waals surface area contributed by atoms with Gasteiger partial charge >= 0.3 is 0 Å². The molecule has 0 unspecified atom stereocenters. The second-order valence-electron chi connectivity index (χ2n) is 7.47. The Balaban J connectivity index is 2.26. The number of nitrogens with zero attached hydrogens (tertiary/aromatic N) is 1. The van der Waals surface area contributed by atoms with Gasteiger partial charge in [0.15, 0.2) is 0 Å². The maximum Gasteiger partial charge on any atom is 0.242 e. The van der Waals surface area contributed by atoms with Gasteiger partial charge in [0.05, 0.1) is 13.5 Å². The standard InChI is InChI=1S/C24H32N2O3/c1-6-18(3)25-24(28)19(4)26(16-20-11-9-13-22(14-20)29-5)23(27)15-21-12-8-7-10-17(21)2/h7-14,18-19H,6,15-16H2,1-5H3,(H,25,28)/t18-,19-/m1/s1. The third-order valence-electron chi connectivity index (χ3n) is 5.26. The third kappa shape index (κ3) is 6.34. The highest BCUT2D eigenvalue weighted by atomic mass is 16.5. The minimum absolute atomic E-state index is 0.0649. The Morgan fingerprint density at radius 3 is 2.48 bits per heavy atom. The lowest BCUT2D eigenvalue weighted by Crippen LogP contribution is -2.49. The fourth-order valence-electron chi connectivity index (χ4n) is 3.09. The second kappa shape index (κ2) is 10.6. The first-order chi connectivity index (χ1) is 13.8. The smallest absolute Gasteiger partial charge is 0.242 e. The zero-order valence-electron chi connectivity index (χ0n) is 18.1. The molecule has 5 heteroatoms. The largest absolute Gasteiger partial charge is 0.497 e. The van der Waals surface area contributed by atoms with Crippen LogP contribution in [0.4, 0.5) is 0 Å². The summed E-state index contributed by atoms with van der Waals surface area (Å²) in [5.41, 5.74) is 2.97. The average Bonchev–Trinajstić information content (AvgIpc) is 2.73. The Hall–Kier alpha value is -2.82. The van der Waals surface area contributed by atoms with E-state index in [1.807, 2.05) is 69.3 Å². The number of nitrogens with one attached hydrogen (secondary N) is 1. The van der Waals surface area contributed by atoms with Gasteiger partial charge in [-0.2, -0.15) is 0 Å². The van der Waals surface area contributed by atoms with E-state index in [4.69, 9.17) is 4.74 Å². The Kier molecular flexibility index (Phi) is 8.25. The molecule has 0 bridgehead atoms. The summed E-state index contributed by atoms with van der Waals surface area (Å²) in [6, 6.07) is 14.9. The summed E-state index contributed by atoms with van der Waals surface area (Å²) < 4.78 is 5.30. The van der Waals surface area contributed by atoms with Gasteiger partial charge in [-0.05, 0) is 56.0 Å². The van der Waals surface area contributed by atoms with Gasteiger partial charge in [-0.1, -0.05) is 43.3 Å². The van der Waals surface area contributed by atoms with Gasteiger partial charge in [0.1, 0.15) is 11.8 Å². The van der Waals surface area contributed by atoms with E-state index in [-0.39, 0.29) is 24.3 Å². The van der Waals surface area contributed by atoms with Crippen molar-refractivity contribution in [3.63, 3.8) is 0 Å². The monoisotopic (exact) mass is 396 g/mol. The van der Waals surface area contributed by atoms with Crippen LogP contribution in [-0.4, -0.2) is 35.9 Å². The van der Waals surface area contributed by atoms with Gasteiger partial charge in [-0.15, -0.1) is 0 Å². The van der Waals surface area contributed by atoms with Crippen LogP contribution < -0.4 is 10.1 Å². The topological polar surface area (TPSA) is 58.6 Å². The van der Waals surface area contributed by atoms with Crippen LogP contribution in [0.5, 0.6) is 5.75 Å². The van der Waals surface area contributed by atoms with Crippen molar-refractivity contribution < 1.29 is 14.3 Å². The van der Waals surface area contributed by atoms with E-state index in [9.17, 15) is 9.59 Å². The van der Waals surface area contributed by atoms with E-state index in [0.717, 1.165) is 28.9 Å². The molecule has 2 rings (SSSR count). The molecule has 0 saturated carbocycles. The van der Waals surface area contributed by atoms with Crippen molar-refractivity contribution in [1.29, 1.82) is 0 Å². The normalized spacial score (nSPS) is 12.7. The van der Waals surface area contributed by atoms with Crippen molar-refractivity contribution in [3.05, 3.63) is 65.2 Å². The van der Waals surface area contributed by atoms with Crippen LogP contribution in [-0.2, 0) is 22.6 Å².